The third-order valence-corrected chi connectivity index (χ3v) is 3.25. The van der Waals surface area contributed by atoms with Crippen molar-refractivity contribution in [1.29, 1.82) is 0 Å². The van der Waals surface area contributed by atoms with Gasteiger partial charge in [-0.3, -0.25) is 4.79 Å². The molecule has 2 heterocycles. The Hall–Kier alpha value is -1.95. The molecule has 0 radical (unpaired) electrons. The van der Waals surface area contributed by atoms with Gasteiger partial charge in [0.2, 0.25) is 0 Å². The van der Waals surface area contributed by atoms with Crippen LogP contribution in [0.25, 0.3) is 22.4 Å². The lowest BCUT2D eigenvalue weighted by Crippen LogP contribution is -2.09. The van der Waals surface area contributed by atoms with E-state index in [4.69, 9.17) is 0 Å². The van der Waals surface area contributed by atoms with Gasteiger partial charge in [0.1, 0.15) is 16.9 Å². The van der Waals surface area contributed by atoms with Crippen molar-refractivity contribution < 1.29 is 0 Å². The van der Waals surface area contributed by atoms with Crippen LogP contribution in [0.3, 0.4) is 0 Å². The van der Waals surface area contributed by atoms with Crippen LogP contribution in [-0.4, -0.2) is 20.2 Å². The molecule has 6 heteroatoms. The Morgan fingerprint density at radius 3 is 2.61 bits per heavy atom. The number of fused-ring (bicyclic) bond motifs is 1. The molecule has 0 amide bonds. The number of aryl methyl sites for hydroxylation is 1. The zero-order chi connectivity index (χ0) is 12.7. The number of imidazole rings is 1. The number of aromatic nitrogens is 4. The van der Waals surface area contributed by atoms with Gasteiger partial charge >= 0.3 is 0 Å². The van der Waals surface area contributed by atoms with Crippen molar-refractivity contribution in [3.05, 3.63) is 44.8 Å². The molecule has 2 N–H and O–H groups in total. The molecule has 0 atom stereocenters. The van der Waals surface area contributed by atoms with Crippen LogP contribution in [0.2, 0.25) is 0 Å². The molecule has 1 aromatic carbocycles. The molecule has 0 unspecified atom stereocenters. The van der Waals surface area contributed by atoms with Gasteiger partial charge in [-0.25, -0.2) is 10.1 Å². The van der Waals surface area contributed by atoms with E-state index >= 15 is 0 Å². The van der Waals surface area contributed by atoms with Crippen LogP contribution >= 0.6 is 15.9 Å². The Morgan fingerprint density at radius 1 is 1.22 bits per heavy atom. The quantitative estimate of drug-likeness (QED) is 0.725. The Balaban J connectivity index is 2.25. The van der Waals surface area contributed by atoms with Crippen LogP contribution in [0.1, 0.15) is 5.69 Å². The van der Waals surface area contributed by atoms with E-state index in [2.05, 4.69) is 36.1 Å². The molecular weight excluding hydrogens is 296 g/mol. The average molecular weight is 305 g/mol. The smallest absolute Gasteiger partial charge is 0.290 e. The SMILES string of the molecule is Cc1n[nH]c(=O)c2[nH]c(-c3ccc(Br)cc3)nc12. The van der Waals surface area contributed by atoms with Gasteiger partial charge in [-0.2, -0.15) is 5.10 Å². The lowest BCUT2D eigenvalue weighted by atomic mass is 10.2. The van der Waals surface area contributed by atoms with Crippen LogP contribution in [0.5, 0.6) is 0 Å². The third kappa shape index (κ3) is 1.74. The van der Waals surface area contributed by atoms with E-state index in [0.717, 1.165) is 10.0 Å². The number of benzene rings is 1. The van der Waals surface area contributed by atoms with Crippen molar-refractivity contribution in [1.82, 2.24) is 20.2 Å². The predicted octanol–water partition coefficient (Wildman–Crippen LogP) is 2.38. The molecule has 0 spiro atoms. The molecule has 0 aliphatic carbocycles. The molecule has 0 aliphatic rings. The van der Waals surface area contributed by atoms with Gasteiger partial charge < -0.3 is 4.98 Å². The second-order valence-corrected chi connectivity index (χ2v) is 4.87. The first-order valence-corrected chi connectivity index (χ1v) is 6.15. The van der Waals surface area contributed by atoms with Gasteiger partial charge in [-0.15, -0.1) is 0 Å². The predicted molar refractivity (Wildman–Crippen MR) is 72.4 cm³/mol. The molecule has 2 aromatic heterocycles. The number of nitrogens with one attached hydrogen (secondary N) is 2. The summed E-state index contributed by atoms with van der Waals surface area (Å²) in [6.45, 7) is 1.81. The lowest BCUT2D eigenvalue weighted by Gasteiger charge is -1.95. The topological polar surface area (TPSA) is 74.4 Å². The highest BCUT2D eigenvalue weighted by Crippen LogP contribution is 2.21. The molecule has 5 nitrogen and oxygen atoms in total. The molecular formula is C12H9BrN4O. The highest BCUT2D eigenvalue weighted by Gasteiger charge is 2.10. The molecule has 0 fully saturated rings. The summed E-state index contributed by atoms with van der Waals surface area (Å²) in [6.07, 6.45) is 0. The number of hydrogen-bond donors (Lipinski definition) is 2. The van der Waals surface area contributed by atoms with E-state index in [0.29, 0.717) is 22.6 Å². The zero-order valence-electron chi connectivity index (χ0n) is 9.49. The molecule has 0 saturated heterocycles. The van der Waals surface area contributed by atoms with Crippen molar-refractivity contribution in [3.63, 3.8) is 0 Å². The number of hydrogen-bond acceptors (Lipinski definition) is 3. The second kappa shape index (κ2) is 4.06. The summed E-state index contributed by atoms with van der Waals surface area (Å²) < 4.78 is 0.998. The number of nitrogens with zero attached hydrogens (tertiary/aromatic N) is 2. The van der Waals surface area contributed by atoms with Crippen molar-refractivity contribution in [2.45, 2.75) is 6.92 Å². The van der Waals surface area contributed by atoms with Crippen LogP contribution in [0.4, 0.5) is 0 Å². The molecule has 90 valence electrons. The van der Waals surface area contributed by atoms with Crippen LogP contribution in [0.15, 0.2) is 33.5 Å². The first-order valence-electron chi connectivity index (χ1n) is 5.36. The number of rotatable bonds is 1. The summed E-state index contributed by atoms with van der Waals surface area (Å²) in [5, 5.41) is 6.33. The maximum absolute atomic E-state index is 11.6. The van der Waals surface area contributed by atoms with Gasteiger partial charge in [0.25, 0.3) is 5.56 Å². The van der Waals surface area contributed by atoms with Gasteiger partial charge in [0, 0.05) is 10.0 Å². The summed E-state index contributed by atoms with van der Waals surface area (Å²) in [4.78, 5) is 19.1. The molecule has 18 heavy (non-hydrogen) atoms. The maximum atomic E-state index is 11.6. The number of aromatic amines is 2. The summed E-state index contributed by atoms with van der Waals surface area (Å²) in [7, 11) is 0. The summed E-state index contributed by atoms with van der Waals surface area (Å²) >= 11 is 3.38. The fraction of sp³-hybridized carbons (Fsp3) is 0.0833. The molecule has 3 rings (SSSR count). The number of halogens is 1. The van der Waals surface area contributed by atoms with Crippen LogP contribution in [0, 0.1) is 6.92 Å². The van der Waals surface area contributed by atoms with Crippen molar-refractivity contribution in [2.75, 3.05) is 0 Å². The second-order valence-electron chi connectivity index (χ2n) is 3.95. The third-order valence-electron chi connectivity index (χ3n) is 2.72. The van der Waals surface area contributed by atoms with E-state index in [1.807, 2.05) is 31.2 Å². The minimum absolute atomic E-state index is 0.258. The zero-order valence-corrected chi connectivity index (χ0v) is 11.1. The monoisotopic (exact) mass is 304 g/mol. The van der Waals surface area contributed by atoms with Gasteiger partial charge in [0.05, 0.1) is 5.69 Å². The van der Waals surface area contributed by atoms with E-state index in [9.17, 15) is 4.79 Å². The highest BCUT2D eigenvalue weighted by atomic mass is 79.9. The van der Waals surface area contributed by atoms with Gasteiger partial charge in [-0.1, -0.05) is 28.1 Å². The van der Waals surface area contributed by atoms with Crippen LogP contribution in [-0.2, 0) is 0 Å². The van der Waals surface area contributed by atoms with Crippen molar-refractivity contribution >= 4 is 27.0 Å². The van der Waals surface area contributed by atoms with E-state index < -0.39 is 0 Å². The first-order chi connectivity index (χ1) is 8.65. The molecule has 0 saturated carbocycles. The first kappa shape index (κ1) is 11.2. The minimum Gasteiger partial charge on any atom is -0.333 e. The maximum Gasteiger partial charge on any atom is 0.290 e. The summed E-state index contributed by atoms with van der Waals surface area (Å²) in [6, 6.07) is 7.72. The lowest BCUT2D eigenvalue weighted by molar-refractivity contribution is 0.965. The van der Waals surface area contributed by atoms with Crippen LogP contribution < -0.4 is 5.56 Å². The fourth-order valence-corrected chi connectivity index (χ4v) is 2.05. The standard InChI is InChI=1S/C12H9BrN4O/c1-6-9-10(12(18)17-16-6)15-11(14-9)7-2-4-8(13)5-3-7/h2-5H,1H3,(H,14,15)(H,17,18). The summed E-state index contributed by atoms with van der Waals surface area (Å²) in [5.41, 5.74) is 2.43. The molecule has 3 aromatic rings. The summed E-state index contributed by atoms with van der Waals surface area (Å²) in [5.74, 6) is 0.666. The van der Waals surface area contributed by atoms with Gasteiger partial charge in [0.15, 0.2) is 0 Å². The Kier molecular flexibility index (Phi) is 2.52. The van der Waals surface area contributed by atoms with Crippen molar-refractivity contribution in [3.8, 4) is 11.4 Å². The van der Waals surface area contributed by atoms with E-state index in [1.165, 1.54) is 0 Å². The normalized spacial score (nSPS) is 11.0. The Labute approximate surface area is 110 Å². The van der Waals surface area contributed by atoms with Crippen molar-refractivity contribution in [2.24, 2.45) is 0 Å². The van der Waals surface area contributed by atoms with Gasteiger partial charge in [-0.05, 0) is 19.1 Å². The fourth-order valence-electron chi connectivity index (χ4n) is 1.79. The molecule has 0 aliphatic heterocycles. The largest absolute Gasteiger partial charge is 0.333 e. The highest BCUT2D eigenvalue weighted by molar-refractivity contribution is 9.10. The van der Waals surface area contributed by atoms with E-state index in [1.54, 1.807) is 0 Å². The average Bonchev–Trinajstić information content (AvgIpc) is 2.81. The minimum atomic E-state index is -0.258. The molecule has 0 bridgehead atoms. The Bertz CT molecular complexity index is 773. The van der Waals surface area contributed by atoms with E-state index in [-0.39, 0.29) is 5.56 Å². The number of H-pyrrole nitrogens is 2. The Morgan fingerprint density at radius 2 is 1.94 bits per heavy atom.